The van der Waals surface area contributed by atoms with E-state index < -0.39 is 11.7 Å². The molecule has 0 atom stereocenters. The van der Waals surface area contributed by atoms with Crippen LogP contribution in [0.2, 0.25) is 0 Å². The van der Waals surface area contributed by atoms with Gasteiger partial charge < -0.3 is 14.6 Å². The average molecular weight is 446 g/mol. The van der Waals surface area contributed by atoms with Crippen molar-refractivity contribution in [3.8, 4) is 5.75 Å². The summed E-state index contributed by atoms with van der Waals surface area (Å²) in [5, 5.41) is 2.80. The quantitative estimate of drug-likeness (QED) is 0.342. The van der Waals surface area contributed by atoms with Crippen molar-refractivity contribution in [3.05, 3.63) is 95.1 Å². The van der Waals surface area contributed by atoms with Gasteiger partial charge in [-0.15, -0.1) is 0 Å². The van der Waals surface area contributed by atoms with Gasteiger partial charge in [0.15, 0.2) is 0 Å². The molecule has 5 nitrogen and oxygen atoms in total. The molecule has 170 valence electrons. The van der Waals surface area contributed by atoms with Crippen molar-refractivity contribution < 1.29 is 13.9 Å². The monoisotopic (exact) mass is 445 g/mol. The van der Waals surface area contributed by atoms with E-state index in [1.54, 1.807) is 12.1 Å². The van der Waals surface area contributed by atoms with Crippen molar-refractivity contribution in [2.24, 2.45) is 0 Å². The van der Waals surface area contributed by atoms with Gasteiger partial charge in [-0.2, -0.15) is 0 Å². The van der Waals surface area contributed by atoms with Gasteiger partial charge in [0.05, 0.1) is 29.7 Å². The Labute approximate surface area is 193 Å². The van der Waals surface area contributed by atoms with E-state index in [1.165, 1.54) is 23.3 Å². The summed E-state index contributed by atoms with van der Waals surface area (Å²) in [5.74, 6) is 0.652. The minimum Gasteiger partial charge on any atom is -0.494 e. The molecule has 3 aromatic carbocycles. The smallest absolute Gasteiger partial charge is 0.254 e. The molecule has 0 saturated heterocycles. The molecule has 4 aromatic rings. The number of unbranched alkanes of at least 4 members (excludes halogenated alkanes) is 1. The van der Waals surface area contributed by atoms with Gasteiger partial charge in [0.1, 0.15) is 17.4 Å². The summed E-state index contributed by atoms with van der Waals surface area (Å²) < 4.78 is 21.9. The van der Waals surface area contributed by atoms with Crippen molar-refractivity contribution in [1.29, 1.82) is 0 Å². The zero-order chi connectivity index (χ0) is 23.2. The molecule has 0 aliphatic carbocycles. The number of aromatic nitrogens is 2. The number of para-hydroxylation sites is 2. The highest BCUT2D eigenvalue weighted by Gasteiger charge is 2.14. The summed E-state index contributed by atoms with van der Waals surface area (Å²) in [4.78, 5) is 17.1. The molecule has 0 spiro atoms. The van der Waals surface area contributed by atoms with Crippen LogP contribution in [0.1, 0.15) is 40.2 Å². The number of nitrogens with zero attached hydrogens (tertiary/aromatic N) is 2. The van der Waals surface area contributed by atoms with Crippen LogP contribution in [-0.4, -0.2) is 22.1 Å². The Morgan fingerprint density at radius 2 is 1.79 bits per heavy atom. The normalized spacial score (nSPS) is 11.0. The predicted octanol–water partition coefficient (Wildman–Crippen LogP) is 5.58. The van der Waals surface area contributed by atoms with Crippen LogP contribution in [0.3, 0.4) is 0 Å². The van der Waals surface area contributed by atoms with E-state index in [1.807, 2.05) is 30.3 Å². The van der Waals surface area contributed by atoms with Crippen LogP contribution >= 0.6 is 0 Å². The molecular formula is C27H28FN3O2. The second kappa shape index (κ2) is 10.3. The third-order valence-electron chi connectivity index (χ3n) is 5.78. The number of fused-ring (bicyclic) bond motifs is 1. The fourth-order valence-corrected chi connectivity index (χ4v) is 3.78. The number of ether oxygens (including phenoxy) is 1. The molecule has 0 saturated carbocycles. The number of nitrogens with one attached hydrogen (secondary N) is 1. The molecule has 1 amide bonds. The molecule has 0 aliphatic heterocycles. The lowest BCUT2D eigenvalue weighted by Crippen LogP contribution is -2.25. The first-order valence-corrected chi connectivity index (χ1v) is 11.2. The van der Waals surface area contributed by atoms with Crippen molar-refractivity contribution in [2.75, 3.05) is 6.61 Å². The Hall–Kier alpha value is -3.67. The molecule has 0 radical (unpaired) electrons. The number of rotatable bonds is 9. The van der Waals surface area contributed by atoms with Gasteiger partial charge in [-0.1, -0.05) is 30.3 Å². The van der Waals surface area contributed by atoms with Crippen LogP contribution < -0.4 is 10.1 Å². The summed E-state index contributed by atoms with van der Waals surface area (Å²) >= 11 is 0. The lowest BCUT2D eigenvalue weighted by Gasteiger charge is -2.12. The molecule has 0 aliphatic rings. The number of amides is 1. The molecule has 1 N–H and O–H groups in total. The fourth-order valence-electron chi connectivity index (χ4n) is 3.78. The van der Waals surface area contributed by atoms with Gasteiger partial charge >= 0.3 is 0 Å². The van der Waals surface area contributed by atoms with E-state index in [0.29, 0.717) is 6.61 Å². The van der Waals surface area contributed by atoms with Crippen molar-refractivity contribution in [3.63, 3.8) is 0 Å². The highest BCUT2D eigenvalue weighted by atomic mass is 19.1. The van der Waals surface area contributed by atoms with Crippen molar-refractivity contribution in [2.45, 2.75) is 39.8 Å². The standard InChI is InChI=1S/C27H28FN3O2/c1-19-13-14-21(17-20(19)2)33-16-8-7-15-31-25-12-6-5-11-24(25)30-26(31)18-29-27(32)22-9-3-4-10-23(22)28/h3-6,9-14,17H,7-8,15-16,18H2,1-2H3,(H,29,32). The summed E-state index contributed by atoms with van der Waals surface area (Å²) in [6.07, 6.45) is 1.79. The Balaban J connectivity index is 1.38. The van der Waals surface area contributed by atoms with E-state index >= 15 is 0 Å². The number of benzene rings is 3. The molecule has 1 heterocycles. The minimum atomic E-state index is -0.535. The Morgan fingerprint density at radius 3 is 2.61 bits per heavy atom. The summed E-state index contributed by atoms with van der Waals surface area (Å²) in [7, 11) is 0. The first-order valence-electron chi connectivity index (χ1n) is 11.2. The average Bonchev–Trinajstić information content (AvgIpc) is 3.17. The van der Waals surface area contributed by atoms with E-state index in [0.717, 1.165) is 42.0 Å². The number of hydrogen-bond acceptors (Lipinski definition) is 3. The van der Waals surface area contributed by atoms with E-state index in [2.05, 4.69) is 40.8 Å². The third-order valence-corrected chi connectivity index (χ3v) is 5.78. The first-order chi connectivity index (χ1) is 16.0. The lowest BCUT2D eigenvalue weighted by atomic mass is 10.1. The Kier molecular flexibility index (Phi) is 7.03. The summed E-state index contributed by atoms with van der Waals surface area (Å²) in [6, 6.07) is 20.0. The molecule has 33 heavy (non-hydrogen) atoms. The molecule has 0 fully saturated rings. The number of aryl methyl sites for hydroxylation is 3. The molecule has 4 rings (SSSR count). The number of carbonyl (C=O) groups is 1. The number of imidazole rings is 1. The topological polar surface area (TPSA) is 56.1 Å². The zero-order valence-corrected chi connectivity index (χ0v) is 19.0. The van der Waals surface area contributed by atoms with Gasteiger partial charge in [0.25, 0.3) is 5.91 Å². The molecule has 0 unspecified atom stereocenters. The number of carbonyl (C=O) groups excluding carboxylic acids is 1. The van der Waals surface area contributed by atoms with Crippen LogP contribution in [0.5, 0.6) is 5.75 Å². The second-order valence-corrected chi connectivity index (χ2v) is 8.13. The van der Waals surface area contributed by atoms with Crippen LogP contribution in [0.25, 0.3) is 11.0 Å². The van der Waals surface area contributed by atoms with E-state index in [-0.39, 0.29) is 12.1 Å². The Morgan fingerprint density at radius 1 is 1.00 bits per heavy atom. The lowest BCUT2D eigenvalue weighted by molar-refractivity contribution is 0.0945. The van der Waals surface area contributed by atoms with Crippen LogP contribution in [0.15, 0.2) is 66.7 Å². The highest BCUT2D eigenvalue weighted by molar-refractivity contribution is 5.94. The van der Waals surface area contributed by atoms with Crippen LogP contribution in [0.4, 0.5) is 4.39 Å². The van der Waals surface area contributed by atoms with Gasteiger partial charge in [-0.05, 0) is 74.2 Å². The van der Waals surface area contributed by atoms with E-state index in [9.17, 15) is 9.18 Å². The molecule has 0 bridgehead atoms. The summed E-state index contributed by atoms with van der Waals surface area (Å²) in [5.41, 5.74) is 4.40. The SMILES string of the molecule is Cc1ccc(OCCCCn2c(CNC(=O)c3ccccc3F)nc3ccccc32)cc1C. The molecular weight excluding hydrogens is 417 g/mol. The maximum absolute atomic E-state index is 13.9. The summed E-state index contributed by atoms with van der Waals surface area (Å²) in [6.45, 7) is 5.78. The van der Waals surface area contributed by atoms with Gasteiger partial charge in [-0.3, -0.25) is 4.79 Å². The van der Waals surface area contributed by atoms with Gasteiger partial charge in [0, 0.05) is 6.54 Å². The maximum Gasteiger partial charge on any atom is 0.254 e. The minimum absolute atomic E-state index is 0.0312. The largest absolute Gasteiger partial charge is 0.494 e. The third kappa shape index (κ3) is 5.40. The van der Waals surface area contributed by atoms with E-state index in [4.69, 9.17) is 4.74 Å². The molecule has 6 heteroatoms. The predicted molar refractivity (Wildman–Crippen MR) is 128 cm³/mol. The first kappa shape index (κ1) is 22.5. The second-order valence-electron chi connectivity index (χ2n) is 8.13. The van der Waals surface area contributed by atoms with Crippen molar-refractivity contribution >= 4 is 16.9 Å². The number of hydrogen-bond donors (Lipinski definition) is 1. The van der Waals surface area contributed by atoms with Gasteiger partial charge in [-0.25, -0.2) is 9.37 Å². The highest BCUT2D eigenvalue weighted by Crippen LogP contribution is 2.19. The zero-order valence-electron chi connectivity index (χ0n) is 19.0. The van der Waals surface area contributed by atoms with Crippen LogP contribution in [0, 0.1) is 19.7 Å². The Bertz CT molecular complexity index is 1270. The fraction of sp³-hybridized carbons (Fsp3) is 0.259. The van der Waals surface area contributed by atoms with Crippen molar-refractivity contribution in [1.82, 2.24) is 14.9 Å². The maximum atomic E-state index is 13.9. The molecule has 1 aromatic heterocycles. The number of halogens is 1. The van der Waals surface area contributed by atoms with Crippen LogP contribution in [-0.2, 0) is 13.1 Å². The van der Waals surface area contributed by atoms with Gasteiger partial charge in [0.2, 0.25) is 0 Å².